The second-order valence-corrected chi connectivity index (χ2v) is 6.95. The Labute approximate surface area is 137 Å². The predicted octanol–water partition coefficient (Wildman–Crippen LogP) is -0.938. The van der Waals surface area contributed by atoms with Crippen LogP contribution in [-0.4, -0.2) is 71.2 Å². The Bertz CT molecular complexity index is 732. The number of ether oxygens (including phenoxy) is 5. The summed E-state index contributed by atoms with van der Waals surface area (Å²) >= 11 is 0. The Morgan fingerprint density at radius 3 is 2.33 bits per heavy atom. The van der Waals surface area contributed by atoms with Crippen molar-refractivity contribution in [1.29, 1.82) is 0 Å². The van der Waals surface area contributed by atoms with E-state index in [0.717, 1.165) is 5.56 Å². The van der Waals surface area contributed by atoms with E-state index >= 15 is 0 Å². The van der Waals surface area contributed by atoms with Gasteiger partial charge in [-0.3, -0.25) is 4.74 Å². The summed E-state index contributed by atoms with van der Waals surface area (Å²) in [6.45, 7) is -0.249. The Morgan fingerprint density at radius 1 is 0.875 bits per heavy atom. The van der Waals surface area contributed by atoms with Crippen LogP contribution in [0.3, 0.4) is 0 Å². The molecule has 5 fully saturated rings. The molecule has 0 amide bonds. The maximum Gasteiger partial charge on any atom is 0.260 e. The molecule has 0 aromatic heterocycles. The Balaban J connectivity index is 1.65. The van der Waals surface area contributed by atoms with Gasteiger partial charge in [-0.1, -0.05) is 30.3 Å². The monoisotopic (exact) mass is 335 g/mol. The van der Waals surface area contributed by atoms with Crippen LogP contribution in [0.4, 0.5) is 0 Å². The molecular weight excluding hydrogens is 318 g/mol. The molecule has 5 atom stereocenters. The van der Waals surface area contributed by atoms with Gasteiger partial charge in [-0.05, 0) is 0 Å². The summed E-state index contributed by atoms with van der Waals surface area (Å²) in [5.41, 5.74) is -1.25. The first-order valence-electron chi connectivity index (χ1n) is 8.03. The van der Waals surface area contributed by atoms with Crippen LogP contribution < -0.4 is 0 Å². The van der Waals surface area contributed by atoms with Crippen LogP contribution >= 0.6 is 0 Å². The molecule has 5 saturated heterocycles. The van der Waals surface area contributed by atoms with Crippen LogP contribution in [0.2, 0.25) is 0 Å². The maximum absolute atomic E-state index is 10.4. The van der Waals surface area contributed by atoms with Gasteiger partial charge in [0.05, 0.1) is 13.2 Å². The Morgan fingerprint density at radius 2 is 1.58 bits per heavy atom. The van der Waals surface area contributed by atoms with Crippen LogP contribution in [0.15, 0.2) is 30.3 Å². The zero-order valence-corrected chi connectivity index (χ0v) is 12.8. The molecule has 0 radical (unpaired) electrons. The molecule has 8 nitrogen and oxygen atoms in total. The quantitative estimate of drug-likeness (QED) is 0.732. The van der Waals surface area contributed by atoms with Crippen molar-refractivity contribution in [1.82, 2.24) is 4.90 Å². The molecule has 1 aromatic carbocycles. The molecule has 5 aliphatic rings. The third kappa shape index (κ3) is 1.07. The summed E-state index contributed by atoms with van der Waals surface area (Å²) < 4.78 is 30.3. The maximum atomic E-state index is 10.4. The molecule has 5 heterocycles. The molecule has 2 spiro atoms. The standard InChI is InChI=1S/C16H17NO7/c18-6-13-14-9-21-15(13)10-22-16(7-19,24-15)17(13)12(23-14,8-20-14)11-4-2-1-3-5-11/h1-5,18-19H,6-10H2. The molecule has 128 valence electrons. The van der Waals surface area contributed by atoms with E-state index in [9.17, 15) is 10.2 Å². The summed E-state index contributed by atoms with van der Waals surface area (Å²) in [6, 6.07) is 9.59. The van der Waals surface area contributed by atoms with Gasteiger partial charge in [0.25, 0.3) is 5.91 Å². The molecule has 5 unspecified atom stereocenters. The number of hydrogen-bond acceptors (Lipinski definition) is 8. The average Bonchev–Trinajstić information content (AvgIpc) is 3.38. The molecule has 6 rings (SSSR count). The highest BCUT2D eigenvalue weighted by Gasteiger charge is 2.96. The van der Waals surface area contributed by atoms with Crippen LogP contribution in [0.5, 0.6) is 0 Å². The lowest BCUT2D eigenvalue weighted by molar-refractivity contribution is -0.314. The highest BCUT2D eigenvalue weighted by atomic mass is 16.9. The predicted molar refractivity (Wildman–Crippen MR) is 75.1 cm³/mol. The van der Waals surface area contributed by atoms with Crippen molar-refractivity contribution in [2.24, 2.45) is 0 Å². The fourth-order valence-corrected chi connectivity index (χ4v) is 5.23. The number of aliphatic hydroxyl groups is 2. The van der Waals surface area contributed by atoms with E-state index in [1.165, 1.54) is 0 Å². The lowest BCUT2D eigenvalue weighted by Crippen LogP contribution is -2.75. The van der Waals surface area contributed by atoms with E-state index in [1.54, 1.807) is 0 Å². The van der Waals surface area contributed by atoms with Gasteiger partial charge in [0, 0.05) is 5.56 Å². The fraction of sp³-hybridized carbons (Fsp3) is 0.625. The normalized spacial score (nSPS) is 53.9. The number of rotatable bonds is 3. The minimum atomic E-state index is -1.43. The Hall–Kier alpha value is -1.10. The van der Waals surface area contributed by atoms with Crippen LogP contribution in [0, 0.1) is 0 Å². The van der Waals surface area contributed by atoms with Crippen molar-refractivity contribution in [2.45, 2.75) is 28.7 Å². The highest BCUT2D eigenvalue weighted by molar-refractivity contribution is 5.37. The summed E-state index contributed by atoms with van der Waals surface area (Å²) in [5, 5.41) is 20.5. The molecule has 1 aromatic rings. The molecule has 0 aliphatic carbocycles. The summed E-state index contributed by atoms with van der Waals surface area (Å²) in [4.78, 5) is 1.81. The molecular formula is C16H17NO7. The van der Waals surface area contributed by atoms with Crippen LogP contribution in [0.1, 0.15) is 5.56 Å². The smallest absolute Gasteiger partial charge is 0.260 e. The van der Waals surface area contributed by atoms with E-state index < -0.39 is 35.4 Å². The first kappa shape index (κ1) is 14.1. The van der Waals surface area contributed by atoms with Crippen LogP contribution in [-0.2, 0) is 29.4 Å². The third-order valence-corrected chi connectivity index (χ3v) is 6.14. The largest absolute Gasteiger partial charge is 0.394 e. The van der Waals surface area contributed by atoms with E-state index in [0.29, 0.717) is 0 Å². The Kier molecular flexibility index (Phi) is 2.26. The van der Waals surface area contributed by atoms with Crippen molar-refractivity contribution in [3.8, 4) is 0 Å². The van der Waals surface area contributed by atoms with Crippen molar-refractivity contribution in [3.05, 3.63) is 35.9 Å². The third-order valence-electron chi connectivity index (χ3n) is 6.14. The van der Waals surface area contributed by atoms with Gasteiger partial charge in [0.1, 0.15) is 19.8 Å². The molecule has 0 saturated carbocycles. The number of benzene rings is 1. The minimum Gasteiger partial charge on any atom is -0.394 e. The number of aliphatic hydroxyl groups excluding tert-OH is 2. The van der Waals surface area contributed by atoms with Crippen molar-refractivity contribution in [3.63, 3.8) is 0 Å². The molecule has 2 N–H and O–H groups in total. The van der Waals surface area contributed by atoms with Crippen molar-refractivity contribution >= 4 is 0 Å². The second kappa shape index (κ2) is 3.84. The molecule has 5 aliphatic heterocycles. The fourth-order valence-electron chi connectivity index (χ4n) is 5.23. The van der Waals surface area contributed by atoms with Crippen molar-refractivity contribution in [2.75, 3.05) is 33.0 Å². The first-order valence-corrected chi connectivity index (χ1v) is 8.03. The SMILES string of the molecule is OCC12OCC3(OCC45OCC(c6ccccc6)(O4)N1C35CO)O2. The van der Waals surface area contributed by atoms with Crippen molar-refractivity contribution < 1.29 is 33.9 Å². The average molecular weight is 335 g/mol. The van der Waals surface area contributed by atoms with Gasteiger partial charge >= 0.3 is 0 Å². The lowest BCUT2D eigenvalue weighted by Gasteiger charge is -2.51. The number of morpholine rings is 1. The summed E-state index contributed by atoms with van der Waals surface area (Å²) in [5.74, 6) is -3.80. The van der Waals surface area contributed by atoms with E-state index in [4.69, 9.17) is 23.7 Å². The molecule has 24 heavy (non-hydrogen) atoms. The lowest BCUT2D eigenvalue weighted by atomic mass is 9.81. The van der Waals surface area contributed by atoms with Gasteiger partial charge in [-0.2, -0.15) is 4.90 Å². The number of nitrogens with zero attached hydrogens (tertiary/aromatic N) is 1. The number of hydrogen-bond donors (Lipinski definition) is 2. The highest BCUT2D eigenvalue weighted by Crippen LogP contribution is 2.73. The van der Waals surface area contributed by atoms with Gasteiger partial charge in [-0.15, -0.1) is 0 Å². The topological polar surface area (TPSA) is 89.9 Å². The van der Waals surface area contributed by atoms with Gasteiger partial charge < -0.3 is 29.2 Å². The first-order chi connectivity index (χ1) is 11.6. The molecule has 4 bridgehead atoms. The minimum absolute atomic E-state index is 0.101. The summed E-state index contributed by atoms with van der Waals surface area (Å²) in [7, 11) is 0. The zero-order chi connectivity index (χ0) is 16.3. The second-order valence-electron chi connectivity index (χ2n) is 6.95. The molecule has 8 heteroatoms. The van der Waals surface area contributed by atoms with Crippen LogP contribution in [0.25, 0.3) is 0 Å². The van der Waals surface area contributed by atoms with E-state index in [-0.39, 0.29) is 26.4 Å². The number of fused-ring (bicyclic) bond motifs is 4. The van der Waals surface area contributed by atoms with Gasteiger partial charge in [-0.25, -0.2) is 0 Å². The van der Waals surface area contributed by atoms with E-state index in [2.05, 4.69) is 0 Å². The van der Waals surface area contributed by atoms with Gasteiger partial charge in [0.2, 0.25) is 11.6 Å². The van der Waals surface area contributed by atoms with E-state index in [1.807, 2.05) is 35.2 Å². The van der Waals surface area contributed by atoms with Gasteiger partial charge in [0.15, 0.2) is 11.3 Å². The zero-order valence-electron chi connectivity index (χ0n) is 12.8. The summed E-state index contributed by atoms with van der Waals surface area (Å²) in [6.07, 6.45) is 0.